The van der Waals surface area contributed by atoms with E-state index in [9.17, 15) is 9.59 Å². The average Bonchev–Trinajstić information content (AvgIpc) is 3.41. The Hall–Kier alpha value is -1.88. The van der Waals surface area contributed by atoms with E-state index < -0.39 is 12.1 Å². The predicted molar refractivity (Wildman–Crippen MR) is 100 cm³/mol. The van der Waals surface area contributed by atoms with Crippen molar-refractivity contribution in [3.8, 4) is 0 Å². The lowest BCUT2D eigenvalue weighted by Crippen LogP contribution is -2.56. The number of hydrogen-bond acceptors (Lipinski definition) is 3. The molecule has 1 aliphatic carbocycles. The first-order valence-electron chi connectivity index (χ1n) is 9.61. The Morgan fingerprint density at radius 2 is 1.88 bits per heavy atom. The zero-order valence-corrected chi connectivity index (χ0v) is 16.2. The minimum Gasteiger partial charge on any atom is -0.356 e. The number of amides is 2. The van der Waals surface area contributed by atoms with Crippen LogP contribution in [0.3, 0.4) is 0 Å². The first-order valence-corrected chi connectivity index (χ1v) is 9.61. The summed E-state index contributed by atoms with van der Waals surface area (Å²) in [7, 11) is 0. The molecule has 0 radical (unpaired) electrons. The molecule has 1 heterocycles. The highest BCUT2D eigenvalue weighted by molar-refractivity contribution is 5.86. The lowest BCUT2D eigenvalue weighted by molar-refractivity contribution is -0.167. The van der Waals surface area contributed by atoms with Crippen LogP contribution in [0.4, 0.5) is 0 Å². The molecule has 2 fully saturated rings. The highest BCUT2D eigenvalue weighted by Gasteiger charge is 2.47. The summed E-state index contributed by atoms with van der Waals surface area (Å²) in [6, 6.07) is 9.31. The second kappa shape index (κ2) is 7.39. The van der Waals surface area contributed by atoms with Crippen molar-refractivity contribution in [2.24, 2.45) is 11.3 Å². The highest BCUT2D eigenvalue weighted by atomic mass is 16.5. The number of hydrogen-bond donors (Lipinski definition) is 1. The topological polar surface area (TPSA) is 58.6 Å². The molecule has 1 saturated heterocycles. The molecule has 2 unspecified atom stereocenters. The Labute approximate surface area is 156 Å². The quantitative estimate of drug-likeness (QED) is 0.851. The van der Waals surface area contributed by atoms with Crippen LogP contribution in [0.5, 0.6) is 0 Å². The Kier molecular flexibility index (Phi) is 5.37. The molecule has 0 bridgehead atoms. The van der Waals surface area contributed by atoms with Gasteiger partial charge in [0.2, 0.25) is 5.91 Å². The van der Waals surface area contributed by atoms with Crippen LogP contribution < -0.4 is 5.32 Å². The predicted octanol–water partition coefficient (Wildman–Crippen LogP) is 2.92. The summed E-state index contributed by atoms with van der Waals surface area (Å²) < 4.78 is 5.74. The molecule has 1 aromatic rings. The van der Waals surface area contributed by atoms with Crippen molar-refractivity contribution in [3.63, 3.8) is 0 Å². The van der Waals surface area contributed by atoms with E-state index in [1.807, 2.05) is 44.2 Å². The summed E-state index contributed by atoms with van der Waals surface area (Å²) in [6.45, 7) is 9.01. The molecule has 1 N–H and O–H groups in total. The van der Waals surface area contributed by atoms with E-state index >= 15 is 0 Å². The number of ether oxygens (including phenoxy) is 1. The molecule has 2 atom stereocenters. The van der Waals surface area contributed by atoms with Gasteiger partial charge in [0.25, 0.3) is 5.91 Å². The molecule has 5 nitrogen and oxygen atoms in total. The Bertz CT molecular complexity index is 652. The van der Waals surface area contributed by atoms with Crippen molar-refractivity contribution >= 4 is 11.8 Å². The molecular weight excluding hydrogens is 328 g/mol. The Balaban J connectivity index is 1.81. The largest absolute Gasteiger partial charge is 0.356 e. The van der Waals surface area contributed by atoms with Crippen LogP contribution in [-0.4, -0.2) is 42.0 Å². The van der Waals surface area contributed by atoms with E-state index in [0.29, 0.717) is 12.5 Å². The third-order valence-corrected chi connectivity index (χ3v) is 5.95. The van der Waals surface area contributed by atoms with E-state index in [1.54, 1.807) is 4.90 Å². The number of nitrogens with one attached hydrogen (secondary N) is 1. The van der Waals surface area contributed by atoms with Crippen molar-refractivity contribution in [3.05, 3.63) is 35.9 Å². The maximum absolute atomic E-state index is 13.0. The molecule has 2 amide bonds. The van der Waals surface area contributed by atoms with E-state index in [2.05, 4.69) is 19.2 Å². The minimum atomic E-state index is -0.680. The van der Waals surface area contributed by atoms with Crippen LogP contribution in [0.25, 0.3) is 0 Å². The Morgan fingerprint density at radius 1 is 1.23 bits per heavy atom. The molecule has 142 valence electrons. The van der Waals surface area contributed by atoms with Crippen molar-refractivity contribution in [2.75, 3.05) is 13.2 Å². The van der Waals surface area contributed by atoms with Crippen molar-refractivity contribution in [1.82, 2.24) is 10.2 Å². The average molecular weight is 358 g/mol. The van der Waals surface area contributed by atoms with Crippen molar-refractivity contribution in [2.45, 2.75) is 58.7 Å². The summed E-state index contributed by atoms with van der Waals surface area (Å²) in [6.07, 6.45) is 1.64. The third-order valence-electron chi connectivity index (χ3n) is 5.95. The first kappa shape index (κ1) is 18.9. The van der Waals surface area contributed by atoms with Gasteiger partial charge in [-0.3, -0.25) is 9.59 Å². The second-order valence-corrected chi connectivity index (χ2v) is 8.22. The van der Waals surface area contributed by atoms with E-state index in [1.165, 1.54) is 0 Å². The van der Waals surface area contributed by atoms with Gasteiger partial charge < -0.3 is 15.0 Å². The highest BCUT2D eigenvalue weighted by Crippen LogP contribution is 2.51. The number of carbonyl (C=O) groups is 2. The van der Waals surface area contributed by atoms with Gasteiger partial charge in [-0.15, -0.1) is 0 Å². The molecule has 1 aliphatic heterocycles. The summed E-state index contributed by atoms with van der Waals surface area (Å²) in [5.41, 5.74) is 1.17. The van der Waals surface area contributed by atoms with E-state index in [0.717, 1.165) is 18.4 Å². The van der Waals surface area contributed by atoms with Crippen molar-refractivity contribution < 1.29 is 14.3 Å². The molecule has 1 saturated carbocycles. The van der Waals surface area contributed by atoms with Crippen LogP contribution >= 0.6 is 0 Å². The van der Waals surface area contributed by atoms with Gasteiger partial charge in [0.1, 0.15) is 6.61 Å². The van der Waals surface area contributed by atoms with Gasteiger partial charge >= 0.3 is 0 Å². The number of rotatable bonds is 6. The van der Waals surface area contributed by atoms with Crippen LogP contribution in [-0.2, 0) is 14.3 Å². The molecular formula is C21H30N2O3. The summed E-state index contributed by atoms with van der Waals surface area (Å²) in [5.74, 6) is 0.358. The normalized spacial score (nSPS) is 24.8. The molecule has 0 aromatic heterocycles. The number of nitrogens with zero attached hydrogens (tertiary/aromatic N) is 1. The van der Waals surface area contributed by atoms with Gasteiger partial charge in [-0.05, 0) is 43.6 Å². The zero-order chi connectivity index (χ0) is 18.9. The third kappa shape index (κ3) is 3.63. The summed E-state index contributed by atoms with van der Waals surface area (Å²) in [4.78, 5) is 27.2. The smallest absolute Gasteiger partial charge is 0.251 e. The number of benzene rings is 1. The summed E-state index contributed by atoms with van der Waals surface area (Å²) >= 11 is 0. The fraction of sp³-hybridized carbons (Fsp3) is 0.619. The van der Waals surface area contributed by atoms with Gasteiger partial charge in [0, 0.05) is 12.6 Å². The van der Waals surface area contributed by atoms with E-state index in [4.69, 9.17) is 4.74 Å². The zero-order valence-electron chi connectivity index (χ0n) is 16.2. The van der Waals surface area contributed by atoms with Crippen LogP contribution in [0.2, 0.25) is 0 Å². The fourth-order valence-corrected chi connectivity index (χ4v) is 3.92. The van der Waals surface area contributed by atoms with Crippen LogP contribution in [0, 0.1) is 11.3 Å². The second-order valence-electron chi connectivity index (χ2n) is 8.22. The number of carbonyl (C=O) groups excluding carboxylic acids is 2. The lowest BCUT2D eigenvalue weighted by atomic mass is 9.91. The monoisotopic (exact) mass is 358 g/mol. The maximum atomic E-state index is 13.0. The van der Waals surface area contributed by atoms with E-state index in [-0.39, 0.29) is 29.9 Å². The molecule has 1 aromatic carbocycles. The van der Waals surface area contributed by atoms with Gasteiger partial charge in [-0.25, -0.2) is 0 Å². The lowest BCUT2D eigenvalue weighted by Gasteiger charge is -2.43. The Morgan fingerprint density at radius 3 is 2.42 bits per heavy atom. The summed E-state index contributed by atoms with van der Waals surface area (Å²) in [5, 5.41) is 3.11. The van der Waals surface area contributed by atoms with Gasteiger partial charge in [0.05, 0.1) is 6.04 Å². The van der Waals surface area contributed by atoms with Gasteiger partial charge in [-0.1, -0.05) is 44.2 Å². The van der Waals surface area contributed by atoms with Gasteiger partial charge in [0.15, 0.2) is 6.10 Å². The molecule has 0 spiro atoms. The standard InChI is InChI=1S/C21H30N2O3/c1-14(2)21(10-11-21)13-22-20(25)19-18(16-8-6-5-7-9-16)23(15(3)4)17(24)12-26-19/h5-9,14-15,18-19H,10-13H2,1-4H3,(H,22,25). The molecule has 5 heteroatoms. The number of morpholine rings is 1. The maximum Gasteiger partial charge on any atom is 0.251 e. The fourth-order valence-electron chi connectivity index (χ4n) is 3.92. The minimum absolute atomic E-state index is 0.00246. The van der Waals surface area contributed by atoms with Crippen LogP contribution in [0.1, 0.15) is 52.1 Å². The first-order chi connectivity index (χ1) is 12.4. The molecule has 26 heavy (non-hydrogen) atoms. The van der Waals surface area contributed by atoms with Crippen molar-refractivity contribution in [1.29, 1.82) is 0 Å². The SMILES string of the molecule is CC(C)N1C(=O)COC(C(=O)NCC2(C(C)C)CC2)C1c1ccccc1. The van der Waals surface area contributed by atoms with Crippen LogP contribution in [0.15, 0.2) is 30.3 Å². The molecule has 3 rings (SSSR count). The van der Waals surface area contributed by atoms with Gasteiger partial charge in [-0.2, -0.15) is 0 Å². The molecule has 2 aliphatic rings.